The van der Waals surface area contributed by atoms with Gasteiger partial charge in [0.25, 0.3) is 0 Å². The SMILES string of the molecule is CC(C)C[C@@H]1NC[C@H](CC2CC2)NC1=O. The zero-order valence-electron chi connectivity index (χ0n) is 9.75. The van der Waals surface area contributed by atoms with Crippen LogP contribution in [0.15, 0.2) is 0 Å². The van der Waals surface area contributed by atoms with E-state index in [1.165, 1.54) is 19.3 Å². The number of amides is 1. The van der Waals surface area contributed by atoms with Crippen molar-refractivity contribution in [1.82, 2.24) is 10.6 Å². The van der Waals surface area contributed by atoms with E-state index in [4.69, 9.17) is 0 Å². The molecular formula is C12H22N2O. The monoisotopic (exact) mass is 210 g/mol. The molecule has 1 saturated heterocycles. The Balaban J connectivity index is 1.77. The van der Waals surface area contributed by atoms with Gasteiger partial charge in [-0.1, -0.05) is 26.7 Å². The molecule has 1 saturated carbocycles. The predicted molar refractivity (Wildman–Crippen MR) is 60.5 cm³/mol. The standard InChI is InChI=1S/C12H22N2O/c1-8(2)5-11-12(15)14-10(7-13-11)6-9-3-4-9/h8-11,13H,3-7H2,1-2H3,(H,14,15)/t10-,11-/m0/s1. The first-order valence-electron chi connectivity index (χ1n) is 6.19. The molecule has 15 heavy (non-hydrogen) atoms. The predicted octanol–water partition coefficient (Wildman–Crippen LogP) is 1.29. The first-order chi connectivity index (χ1) is 7.15. The molecular weight excluding hydrogens is 188 g/mol. The van der Waals surface area contributed by atoms with Crippen molar-refractivity contribution in [1.29, 1.82) is 0 Å². The summed E-state index contributed by atoms with van der Waals surface area (Å²) in [5.41, 5.74) is 0. The molecule has 3 heteroatoms. The van der Waals surface area contributed by atoms with Gasteiger partial charge in [-0.2, -0.15) is 0 Å². The molecule has 3 nitrogen and oxygen atoms in total. The molecule has 2 fully saturated rings. The highest BCUT2D eigenvalue weighted by Gasteiger charge is 2.31. The van der Waals surface area contributed by atoms with Crippen LogP contribution in [-0.4, -0.2) is 24.5 Å². The molecule has 0 spiro atoms. The van der Waals surface area contributed by atoms with E-state index in [2.05, 4.69) is 24.5 Å². The Kier molecular flexibility index (Phi) is 3.29. The quantitative estimate of drug-likeness (QED) is 0.734. The van der Waals surface area contributed by atoms with Crippen molar-refractivity contribution in [3.63, 3.8) is 0 Å². The van der Waals surface area contributed by atoms with Gasteiger partial charge in [-0.25, -0.2) is 0 Å². The summed E-state index contributed by atoms with van der Waals surface area (Å²) in [6.45, 7) is 5.27. The van der Waals surface area contributed by atoms with Gasteiger partial charge in [0.05, 0.1) is 6.04 Å². The Hall–Kier alpha value is -0.570. The average molecular weight is 210 g/mol. The highest BCUT2D eigenvalue weighted by atomic mass is 16.2. The molecule has 86 valence electrons. The van der Waals surface area contributed by atoms with Crippen molar-refractivity contribution in [3.05, 3.63) is 0 Å². The van der Waals surface area contributed by atoms with Crippen LogP contribution in [0.3, 0.4) is 0 Å². The van der Waals surface area contributed by atoms with Crippen LogP contribution in [0, 0.1) is 11.8 Å². The normalized spacial score (nSPS) is 31.8. The fourth-order valence-corrected chi connectivity index (χ4v) is 2.29. The second-order valence-corrected chi connectivity index (χ2v) is 5.47. The molecule has 0 unspecified atom stereocenters. The number of hydrogen-bond donors (Lipinski definition) is 2. The minimum Gasteiger partial charge on any atom is -0.351 e. The second kappa shape index (κ2) is 4.52. The van der Waals surface area contributed by atoms with E-state index in [-0.39, 0.29) is 11.9 Å². The fourth-order valence-electron chi connectivity index (χ4n) is 2.29. The number of nitrogens with one attached hydrogen (secondary N) is 2. The third-order valence-corrected chi connectivity index (χ3v) is 3.30. The van der Waals surface area contributed by atoms with Gasteiger partial charge in [-0.15, -0.1) is 0 Å². The van der Waals surface area contributed by atoms with Crippen LogP contribution < -0.4 is 10.6 Å². The molecule has 0 bridgehead atoms. The molecule has 1 heterocycles. The van der Waals surface area contributed by atoms with Gasteiger partial charge in [-0.05, 0) is 24.7 Å². The summed E-state index contributed by atoms with van der Waals surface area (Å²) in [5.74, 6) is 1.67. The first-order valence-corrected chi connectivity index (χ1v) is 6.19. The van der Waals surface area contributed by atoms with Gasteiger partial charge in [0.15, 0.2) is 0 Å². The third kappa shape index (κ3) is 3.20. The molecule has 0 aromatic heterocycles. The van der Waals surface area contributed by atoms with E-state index >= 15 is 0 Å². The number of piperazine rings is 1. The van der Waals surface area contributed by atoms with Gasteiger partial charge in [0.2, 0.25) is 5.91 Å². The third-order valence-electron chi connectivity index (χ3n) is 3.30. The molecule has 2 rings (SSSR count). The highest BCUT2D eigenvalue weighted by Crippen LogP contribution is 2.33. The van der Waals surface area contributed by atoms with Crippen LogP contribution in [0.4, 0.5) is 0 Å². The summed E-state index contributed by atoms with van der Waals surface area (Å²) < 4.78 is 0. The van der Waals surface area contributed by atoms with Crippen LogP contribution in [0.25, 0.3) is 0 Å². The van der Waals surface area contributed by atoms with Crippen molar-refractivity contribution in [3.8, 4) is 0 Å². The van der Waals surface area contributed by atoms with Gasteiger partial charge in [0.1, 0.15) is 0 Å². The lowest BCUT2D eigenvalue weighted by Gasteiger charge is -2.31. The molecule has 0 aromatic carbocycles. The Morgan fingerprint density at radius 3 is 2.67 bits per heavy atom. The highest BCUT2D eigenvalue weighted by molar-refractivity contribution is 5.82. The maximum atomic E-state index is 11.8. The van der Waals surface area contributed by atoms with Crippen molar-refractivity contribution < 1.29 is 4.79 Å². The molecule has 2 aliphatic rings. The van der Waals surface area contributed by atoms with E-state index < -0.39 is 0 Å². The summed E-state index contributed by atoms with van der Waals surface area (Å²) in [7, 11) is 0. The van der Waals surface area contributed by atoms with Crippen molar-refractivity contribution in [2.75, 3.05) is 6.54 Å². The number of rotatable bonds is 4. The number of hydrogen-bond acceptors (Lipinski definition) is 2. The van der Waals surface area contributed by atoms with Crippen molar-refractivity contribution in [2.45, 2.75) is 51.6 Å². The Morgan fingerprint density at radius 1 is 1.40 bits per heavy atom. The zero-order valence-corrected chi connectivity index (χ0v) is 9.75. The molecule has 2 N–H and O–H groups in total. The zero-order chi connectivity index (χ0) is 10.8. The molecule has 0 aromatic rings. The van der Waals surface area contributed by atoms with Gasteiger partial charge >= 0.3 is 0 Å². The lowest BCUT2D eigenvalue weighted by atomic mass is 9.99. The smallest absolute Gasteiger partial charge is 0.237 e. The summed E-state index contributed by atoms with van der Waals surface area (Å²) in [6, 6.07) is 0.425. The van der Waals surface area contributed by atoms with Gasteiger partial charge in [0, 0.05) is 12.6 Å². The van der Waals surface area contributed by atoms with Crippen LogP contribution in [0.2, 0.25) is 0 Å². The lowest BCUT2D eigenvalue weighted by Crippen LogP contribution is -2.58. The minimum absolute atomic E-state index is 0.0421. The molecule has 2 atom stereocenters. The second-order valence-electron chi connectivity index (χ2n) is 5.47. The summed E-state index contributed by atoms with van der Waals surface area (Å²) >= 11 is 0. The minimum atomic E-state index is 0.0421. The van der Waals surface area contributed by atoms with E-state index in [1.54, 1.807) is 0 Å². The molecule has 0 radical (unpaired) electrons. The van der Waals surface area contributed by atoms with E-state index in [0.29, 0.717) is 12.0 Å². The maximum absolute atomic E-state index is 11.8. The van der Waals surface area contributed by atoms with E-state index in [9.17, 15) is 4.79 Å². The molecule has 1 aliphatic carbocycles. The van der Waals surface area contributed by atoms with E-state index in [1.807, 2.05) is 0 Å². The average Bonchev–Trinajstić information content (AvgIpc) is 2.93. The molecule has 1 aliphatic heterocycles. The van der Waals surface area contributed by atoms with Crippen LogP contribution in [0.5, 0.6) is 0 Å². The number of carbonyl (C=O) groups excluding carboxylic acids is 1. The summed E-state index contributed by atoms with van der Waals surface area (Å²) in [4.78, 5) is 11.8. The largest absolute Gasteiger partial charge is 0.351 e. The Morgan fingerprint density at radius 2 is 2.13 bits per heavy atom. The van der Waals surface area contributed by atoms with Gasteiger partial charge in [-0.3, -0.25) is 4.79 Å². The van der Waals surface area contributed by atoms with Gasteiger partial charge < -0.3 is 10.6 Å². The van der Waals surface area contributed by atoms with Crippen molar-refractivity contribution >= 4 is 5.91 Å². The first kappa shape index (κ1) is 10.9. The lowest BCUT2D eigenvalue weighted by molar-refractivity contribution is -0.125. The maximum Gasteiger partial charge on any atom is 0.237 e. The Bertz CT molecular complexity index is 236. The fraction of sp³-hybridized carbons (Fsp3) is 0.917. The summed E-state index contributed by atoms with van der Waals surface area (Å²) in [6.07, 6.45) is 4.85. The Labute approximate surface area is 92.0 Å². The van der Waals surface area contributed by atoms with Crippen LogP contribution in [0.1, 0.15) is 39.5 Å². The van der Waals surface area contributed by atoms with Crippen LogP contribution in [-0.2, 0) is 4.79 Å². The summed E-state index contributed by atoms with van der Waals surface area (Å²) in [5, 5.41) is 6.51. The van der Waals surface area contributed by atoms with Crippen LogP contribution >= 0.6 is 0 Å². The number of carbonyl (C=O) groups is 1. The van der Waals surface area contributed by atoms with E-state index in [0.717, 1.165) is 18.9 Å². The van der Waals surface area contributed by atoms with Crippen molar-refractivity contribution in [2.24, 2.45) is 11.8 Å². The topological polar surface area (TPSA) is 41.1 Å². The molecule has 1 amide bonds.